The molecule has 1 aromatic carbocycles. The van der Waals surface area contributed by atoms with E-state index in [4.69, 9.17) is 0 Å². The van der Waals surface area contributed by atoms with Crippen molar-refractivity contribution in [1.29, 1.82) is 0 Å². The van der Waals surface area contributed by atoms with E-state index in [0.717, 1.165) is 0 Å². The summed E-state index contributed by atoms with van der Waals surface area (Å²) in [7, 11) is 0. The molecule has 4 nitrogen and oxygen atoms in total. The molecule has 1 rings (SSSR count). The second-order valence-corrected chi connectivity index (χ2v) is 5.81. The Kier molecular flexibility index (Phi) is 7.47. The highest BCUT2D eigenvalue weighted by Crippen LogP contribution is 2.23. The number of nitrogens with zero attached hydrogens (tertiary/aromatic N) is 1. The first kappa shape index (κ1) is 20.2. The second kappa shape index (κ2) is 8.86. The summed E-state index contributed by atoms with van der Waals surface area (Å²) in [6, 6.07) is 6.64. The molecule has 0 N–H and O–H groups in total. The zero-order chi connectivity index (χ0) is 18.3. The Balaban J connectivity index is 2.92. The molecular formula is C16H17BrF3NO3. The molecule has 0 aliphatic heterocycles. The van der Waals surface area contributed by atoms with Crippen molar-refractivity contribution >= 4 is 27.8 Å². The van der Waals surface area contributed by atoms with Gasteiger partial charge in [-0.05, 0) is 18.6 Å². The minimum absolute atomic E-state index is 0.115. The van der Waals surface area contributed by atoms with Crippen LogP contribution in [0.3, 0.4) is 0 Å². The van der Waals surface area contributed by atoms with E-state index in [9.17, 15) is 22.8 Å². The highest BCUT2D eigenvalue weighted by atomic mass is 79.9. The van der Waals surface area contributed by atoms with Gasteiger partial charge in [0, 0.05) is 16.6 Å². The smallest absolute Gasteiger partial charge is 0.406 e. The van der Waals surface area contributed by atoms with Crippen LogP contribution in [0.4, 0.5) is 13.2 Å². The number of benzene rings is 1. The van der Waals surface area contributed by atoms with Crippen LogP contribution in [0, 0.1) is 0 Å². The van der Waals surface area contributed by atoms with Gasteiger partial charge in [0.05, 0.1) is 13.0 Å². The number of ether oxygens (including phenoxy) is 1. The zero-order valence-corrected chi connectivity index (χ0v) is 14.6. The lowest BCUT2D eigenvalue weighted by Crippen LogP contribution is -2.39. The standard InChI is InChI=1S/C16H17BrF3NO3/c1-3-24-14(22)8-11(2)15(23)21(10-16(18,19)20)9-12-6-4-5-7-13(12)17/h4-7H,2-3,8-10H2,1H3. The topological polar surface area (TPSA) is 46.6 Å². The Bertz CT molecular complexity index is 617. The van der Waals surface area contributed by atoms with E-state index in [2.05, 4.69) is 27.2 Å². The van der Waals surface area contributed by atoms with Gasteiger partial charge in [0.25, 0.3) is 0 Å². The second-order valence-electron chi connectivity index (χ2n) is 4.95. The van der Waals surface area contributed by atoms with Crippen molar-refractivity contribution in [2.75, 3.05) is 13.2 Å². The summed E-state index contributed by atoms with van der Waals surface area (Å²) in [6.07, 6.45) is -5.02. The average molecular weight is 408 g/mol. The molecule has 0 unspecified atom stereocenters. The Morgan fingerprint density at radius 3 is 2.46 bits per heavy atom. The maximum Gasteiger partial charge on any atom is 0.406 e. The van der Waals surface area contributed by atoms with Gasteiger partial charge < -0.3 is 9.64 Å². The highest BCUT2D eigenvalue weighted by Gasteiger charge is 2.34. The van der Waals surface area contributed by atoms with Crippen molar-refractivity contribution in [2.24, 2.45) is 0 Å². The molecule has 1 amide bonds. The van der Waals surface area contributed by atoms with E-state index < -0.39 is 31.0 Å². The maximum absolute atomic E-state index is 12.8. The molecule has 0 aliphatic carbocycles. The SMILES string of the molecule is C=C(CC(=O)OCC)C(=O)N(Cc1ccccc1Br)CC(F)(F)F. The fourth-order valence-electron chi connectivity index (χ4n) is 1.93. The molecule has 0 saturated carbocycles. The van der Waals surface area contributed by atoms with Crippen LogP contribution in [0.2, 0.25) is 0 Å². The number of carbonyl (C=O) groups excluding carboxylic acids is 2. The van der Waals surface area contributed by atoms with Crippen LogP contribution in [0.25, 0.3) is 0 Å². The van der Waals surface area contributed by atoms with Crippen molar-refractivity contribution in [3.8, 4) is 0 Å². The number of amides is 1. The lowest BCUT2D eigenvalue weighted by atomic mass is 10.1. The molecule has 24 heavy (non-hydrogen) atoms. The number of esters is 1. The monoisotopic (exact) mass is 407 g/mol. The third kappa shape index (κ3) is 6.74. The molecule has 132 valence electrons. The van der Waals surface area contributed by atoms with E-state index >= 15 is 0 Å². The first-order valence-corrected chi connectivity index (χ1v) is 7.86. The fourth-order valence-corrected chi connectivity index (χ4v) is 2.34. The first-order valence-electron chi connectivity index (χ1n) is 7.07. The molecule has 0 radical (unpaired) electrons. The van der Waals surface area contributed by atoms with Crippen molar-refractivity contribution in [3.63, 3.8) is 0 Å². The summed E-state index contributed by atoms with van der Waals surface area (Å²) in [5.41, 5.74) is 0.267. The molecule has 0 spiro atoms. The minimum atomic E-state index is -4.57. The third-order valence-corrected chi connectivity index (χ3v) is 3.72. The van der Waals surface area contributed by atoms with E-state index in [1.54, 1.807) is 31.2 Å². The van der Waals surface area contributed by atoms with Crippen molar-refractivity contribution in [2.45, 2.75) is 26.1 Å². The van der Waals surface area contributed by atoms with E-state index in [-0.39, 0.29) is 18.7 Å². The van der Waals surface area contributed by atoms with Crippen LogP contribution in [-0.2, 0) is 20.9 Å². The van der Waals surface area contributed by atoms with Crippen LogP contribution in [0.1, 0.15) is 18.9 Å². The molecule has 0 heterocycles. The summed E-state index contributed by atoms with van der Waals surface area (Å²) >= 11 is 3.24. The number of hydrogen-bond acceptors (Lipinski definition) is 3. The van der Waals surface area contributed by atoms with Gasteiger partial charge in [-0.3, -0.25) is 9.59 Å². The fraction of sp³-hybridized carbons (Fsp3) is 0.375. The molecule has 8 heteroatoms. The predicted octanol–water partition coefficient (Wildman–Crippen LogP) is 3.85. The van der Waals surface area contributed by atoms with Crippen LogP contribution < -0.4 is 0 Å². The van der Waals surface area contributed by atoms with Gasteiger partial charge in [-0.1, -0.05) is 40.7 Å². The van der Waals surface area contributed by atoms with Crippen LogP contribution in [-0.4, -0.2) is 36.1 Å². The quantitative estimate of drug-likeness (QED) is 0.509. The van der Waals surface area contributed by atoms with Crippen molar-refractivity contribution < 1.29 is 27.5 Å². The third-order valence-electron chi connectivity index (χ3n) is 2.94. The minimum Gasteiger partial charge on any atom is -0.466 e. The zero-order valence-electron chi connectivity index (χ0n) is 13.0. The highest BCUT2D eigenvalue weighted by molar-refractivity contribution is 9.10. The predicted molar refractivity (Wildman–Crippen MR) is 86.0 cm³/mol. The molecule has 0 aliphatic rings. The van der Waals surface area contributed by atoms with E-state index in [0.29, 0.717) is 14.9 Å². The summed E-state index contributed by atoms with van der Waals surface area (Å²) in [6.45, 7) is 3.43. The van der Waals surface area contributed by atoms with Gasteiger partial charge in [-0.2, -0.15) is 13.2 Å². The summed E-state index contributed by atoms with van der Waals surface area (Å²) in [5.74, 6) is -1.64. The van der Waals surface area contributed by atoms with Gasteiger partial charge in [-0.15, -0.1) is 0 Å². The van der Waals surface area contributed by atoms with E-state index in [1.165, 1.54) is 0 Å². The van der Waals surface area contributed by atoms with Crippen LogP contribution in [0.5, 0.6) is 0 Å². The lowest BCUT2D eigenvalue weighted by molar-refractivity contribution is -0.160. The van der Waals surface area contributed by atoms with Crippen molar-refractivity contribution in [1.82, 2.24) is 4.90 Å². The number of alkyl halides is 3. The molecule has 1 aromatic rings. The summed E-state index contributed by atoms with van der Waals surface area (Å²) in [4.78, 5) is 24.3. The van der Waals surface area contributed by atoms with Crippen LogP contribution in [0.15, 0.2) is 40.9 Å². The molecule has 0 bridgehead atoms. The molecule has 0 saturated heterocycles. The van der Waals surface area contributed by atoms with Gasteiger partial charge >= 0.3 is 12.1 Å². The lowest BCUT2D eigenvalue weighted by Gasteiger charge is -2.25. The van der Waals surface area contributed by atoms with E-state index in [1.807, 2.05) is 0 Å². The van der Waals surface area contributed by atoms with Crippen LogP contribution >= 0.6 is 15.9 Å². The Morgan fingerprint density at radius 2 is 1.92 bits per heavy atom. The number of carbonyl (C=O) groups is 2. The van der Waals surface area contributed by atoms with Gasteiger partial charge in [-0.25, -0.2) is 0 Å². The molecule has 0 fully saturated rings. The summed E-state index contributed by atoms with van der Waals surface area (Å²) in [5, 5.41) is 0. The summed E-state index contributed by atoms with van der Waals surface area (Å²) < 4.78 is 43.6. The van der Waals surface area contributed by atoms with Gasteiger partial charge in [0.15, 0.2) is 0 Å². The Labute approximate surface area is 146 Å². The maximum atomic E-state index is 12.8. The molecular weight excluding hydrogens is 391 g/mol. The van der Waals surface area contributed by atoms with Crippen molar-refractivity contribution in [3.05, 3.63) is 46.5 Å². The largest absolute Gasteiger partial charge is 0.466 e. The normalized spacial score (nSPS) is 11.0. The van der Waals surface area contributed by atoms with Gasteiger partial charge in [0.2, 0.25) is 5.91 Å². The number of hydrogen-bond donors (Lipinski definition) is 0. The number of rotatable bonds is 7. The Hall–Kier alpha value is -1.83. The number of halogens is 4. The average Bonchev–Trinajstić information content (AvgIpc) is 2.46. The van der Waals surface area contributed by atoms with Gasteiger partial charge in [0.1, 0.15) is 6.54 Å². The Morgan fingerprint density at radius 1 is 1.29 bits per heavy atom. The molecule has 0 aromatic heterocycles. The first-order chi connectivity index (χ1) is 11.1. The molecule has 0 atom stereocenters.